The molecule has 2 aromatic carbocycles. The van der Waals surface area contributed by atoms with Crippen LogP contribution in [0.2, 0.25) is 0 Å². The third kappa shape index (κ3) is 6.21. The maximum atomic E-state index is 2.38. The van der Waals surface area contributed by atoms with Crippen LogP contribution in [-0.2, 0) is 6.54 Å². The van der Waals surface area contributed by atoms with Gasteiger partial charge in [0.15, 0.2) is 0 Å². The summed E-state index contributed by atoms with van der Waals surface area (Å²) in [6.07, 6.45) is 3.62. The fraction of sp³-hybridized carbons (Fsp3) is 0.538. The highest BCUT2D eigenvalue weighted by atomic mass is 15.1. The highest BCUT2D eigenvalue weighted by Crippen LogP contribution is 2.33. The van der Waals surface area contributed by atoms with Gasteiger partial charge in [-0.25, -0.2) is 0 Å². The van der Waals surface area contributed by atoms with Gasteiger partial charge in [0.1, 0.15) is 0 Å². The molecule has 0 N–H and O–H groups in total. The van der Waals surface area contributed by atoms with Crippen LogP contribution in [-0.4, -0.2) is 18.5 Å². The average molecular weight is 366 g/mol. The molecule has 0 saturated heterocycles. The topological polar surface area (TPSA) is 3.24 Å². The van der Waals surface area contributed by atoms with Gasteiger partial charge in [0.25, 0.3) is 0 Å². The number of benzene rings is 2. The number of nitrogens with zero attached hydrogens (tertiary/aromatic N) is 1. The molecule has 0 spiro atoms. The maximum absolute atomic E-state index is 2.38. The summed E-state index contributed by atoms with van der Waals surface area (Å²) in [5.74, 6) is 1.88. The second-order valence-electron chi connectivity index (χ2n) is 8.29. The van der Waals surface area contributed by atoms with E-state index in [9.17, 15) is 0 Å². The van der Waals surface area contributed by atoms with Crippen LogP contribution < -0.4 is 0 Å². The highest BCUT2D eigenvalue weighted by molar-refractivity contribution is 5.29. The Balaban J connectivity index is 2.03. The first kappa shape index (κ1) is 21.7. The molecule has 3 atom stereocenters. The van der Waals surface area contributed by atoms with Gasteiger partial charge < -0.3 is 4.90 Å². The van der Waals surface area contributed by atoms with Crippen LogP contribution in [0.4, 0.5) is 0 Å². The molecule has 3 unspecified atom stereocenters. The molecule has 1 heteroatoms. The summed E-state index contributed by atoms with van der Waals surface area (Å²) in [4.78, 5) is 2.34. The van der Waals surface area contributed by atoms with Crippen LogP contribution >= 0.6 is 0 Å². The van der Waals surface area contributed by atoms with Gasteiger partial charge in [-0.1, -0.05) is 83.1 Å². The minimum absolute atomic E-state index is 0.590. The van der Waals surface area contributed by atoms with E-state index in [2.05, 4.69) is 95.1 Å². The fourth-order valence-corrected chi connectivity index (χ4v) is 3.81. The molecular weight excluding hydrogens is 326 g/mol. The lowest BCUT2D eigenvalue weighted by molar-refractivity contribution is 0.345. The van der Waals surface area contributed by atoms with Gasteiger partial charge in [-0.15, -0.1) is 0 Å². The van der Waals surface area contributed by atoms with Crippen molar-refractivity contribution in [3.8, 4) is 0 Å². The van der Waals surface area contributed by atoms with E-state index in [1.165, 1.54) is 41.5 Å². The monoisotopic (exact) mass is 365 g/mol. The SMILES string of the molecule is CCC(C)c1ccc(C(C)CC(CC)c2ccc(CN(C)CC)cc2)cc1. The molecule has 0 aliphatic rings. The zero-order chi connectivity index (χ0) is 19.8. The van der Waals surface area contributed by atoms with E-state index in [4.69, 9.17) is 0 Å². The van der Waals surface area contributed by atoms with Crippen LogP contribution in [0, 0.1) is 0 Å². The van der Waals surface area contributed by atoms with Crippen LogP contribution in [0.25, 0.3) is 0 Å². The third-order valence-corrected chi connectivity index (χ3v) is 6.26. The Hall–Kier alpha value is -1.60. The van der Waals surface area contributed by atoms with Gasteiger partial charge in [0.05, 0.1) is 0 Å². The van der Waals surface area contributed by atoms with E-state index >= 15 is 0 Å². The Morgan fingerprint density at radius 1 is 0.704 bits per heavy atom. The molecule has 2 aromatic rings. The van der Waals surface area contributed by atoms with Gasteiger partial charge in [-0.05, 0) is 72.9 Å². The summed E-state index contributed by atoms with van der Waals surface area (Å²) in [7, 11) is 2.18. The van der Waals surface area contributed by atoms with Gasteiger partial charge in [-0.2, -0.15) is 0 Å². The summed E-state index contributed by atoms with van der Waals surface area (Å²) < 4.78 is 0. The predicted octanol–water partition coefficient (Wildman–Crippen LogP) is 7.34. The largest absolute Gasteiger partial charge is 0.302 e. The molecule has 148 valence electrons. The molecule has 0 aliphatic heterocycles. The van der Waals surface area contributed by atoms with Crippen molar-refractivity contribution in [1.82, 2.24) is 4.90 Å². The minimum atomic E-state index is 0.590. The molecule has 0 aromatic heterocycles. The first-order valence-corrected chi connectivity index (χ1v) is 10.9. The van der Waals surface area contributed by atoms with Gasteiger partial charge in [0, 0.05) is 6.54 Å². The maximum Gasteiger partial charge on any atom is 0.0230 e. The molecule has 27 heavy (non-hydrogen) atoms. The van der Waals surface area contributed by atoms with Crippen molar-refractivity contribution in [1.29, 1.82) is 0 Å². The number of rotatable bonds is 10. The number of hydrogen-bond donors (Lipinski definition) is 0. The van der Waals surface area contributed by atoms with Crippen molar-refractivity contribution in [2.45, 2.75) is 78.2 Å². The fourth-order valence-electron chi connectivity index (χ4n) is 3.81. The van der Waals surface area contributed by atoms with Crippen LogP contribution in [0.3, 0.4) is 0 Å². The van der Waals surface area contributed by atoms with Crippen LogP contribution in [0.1, 0.15) is 93.9 Å². The van der Waals surface area contributed by atoms with Crippen molar-refractivity contribution in [3.63, 3.8) is 0 Å². The zero-order valence-corrected chi connectivity index (χ0v) is 18.3. The van der Waals surface area contributed by atoms with Crippen molar-refractivity contribution in [2.24, 2.45) is 0 Å². The van der Waals surface area contributed by atoms with E-state index < -0.39 is 0 Å². The molecule has 0 heterocycles. The molecule has 1 nitrogen and oxygen atoms in total. The van der Waals surface area contributed by atoms with E-state index in [1.54, 1.807) is 0 Å². The van der Waals surface area contributed by atoms with Crippen LogP contribution in [0.15, 0.2) is 48.5 Å². The first-order valence-electron chi connectivity index (χ1n) is 10.9. The summed E-state index contributed by atoms with van der Waals surface area (Å²) in [5.41, 5.74) is 5.84. The second-order valence-corrected chi connectivity index (χ2v) is 8.29. The minimum Gasteiger partial charge on any atom is -0.302 e. The lowest BCUT2D eigenvalue weighted by atomic mass is 9.84. The van der Waals surface area contributed by atoms with Crippen LogP contribution in [0.5, 0.6) is 0 Å². The Morgan fingerprint density at radius 3 is 1.70 bits per heavy atom. The second kappa shape index (κ2) is 10.7. The lowest BCUT2D eigenvalue weighted by Crippen LogP contribution is -2.16. The Morgan fingerprint density at radius 2 is 1.22 bits per heavy atom. The summed E-state index contributed by atoms with van der Waals surface area (Å²) >= 11 is 0. The van der Waals surface area contributed by atoms with Gasteiger partial charge >= 0.3 is 0 Å². The average Bonchev–Trinajstić information content (AvgIpc) is 2.71. The van der Waals surface area contributed by atoms with E-state index in [-0.39, 0.29) is 0 Å². The predicted molar refractivity (Wildman–Crippen MR) is 120 cm³/mol. The summed E-state index contributed by atoms with van der Waals surface area (Å²) in [6, 6.07) is 18.7. The standard InChI is InChI=1S/C26H39N/c1-7-20(4)24-14-16-25(17-15-24)21(5)18-23(8-2)26-12-10-22(11-13-26)19-27(6)9-3/h10-17,20-21,23H,7-9,18-19H2,1-6H3. The Kier molecular flexibility index (Phi) is 8.57. The van der Waals surface area contributed by atoms with Crippen molar-refractivity contribution >= 4 is 0 Å². The van der Waals surface area contributed by atoms with Crippen molar-refractivity contribution < 1.29 is 0 Å². The Labute approximate surface area is 167 Å². The molecular formula is C26H39N. The lowest BCUT2D eigenvalue weighted by Gasteiger charge is -2.22. The number of hydrogen-bond acceptors (Lipinski definition) is 1. The molecule has 2 rings (SSSR count). The van der Waals surface area contributed by atoms with Crippen molar-refractivity contribution in [2.75, 3.05) is 13.6 Å². The Bertz CT molecular complexity index is 656. The molecule has 0 bridgehead atoms. The summed E-state index contributed by atoms with van der Waals surface area (Å²) in [6.45, 7) is 13.6. The molecule has 0 amide bonds. The van der Waals surface area contributed by atoms with Gasteiger partial charge in [-0.3, -0.25) is 0 Å². The smallest absolute Gasteiger partial charge is 0.0230 e. The summed E-state index contributed by atoms with van der Waals surface area (Å²) in [5, 5.41) is 0. The normalized spacial score (nSPS) is 14.9. The molecule has 0 aliphatic carbocycles. The quantitative estimate of drug-likeness (QED) is 0.426. The third-order valence-electron chi connectivity index (χ3n) is 6.26. The van der Waals surface area contributed by atoms with E-state index in [0.717, 1.165) is 13.1 Å². The molecule has 0 fully saturated rings. The molecule has 0 radical (unpaired) electrons. The first-order chi connectivity index (χ1) is 13.0. The van der Waals surface area contributed by atoms with E-state index in [0.29, 0.717) is 17.8 Å². The zero-order valence-electron chi connectivity index (χ0n) is 18.3. The molecule has 0 saturated carbocycles. The van der Waals surface area contributed by atoms with E-state index in [1.807, 2.05) is 0 Å². The highest BCUT2D eigenvalue weighted by Gasteiger charge is 2.16. The van der Waals surface area contributed by atoms with Gasteiger partial charge in [0.2, 0.25) is 0 Å². The van der Waals surface area contributed by atoms with Crippen molar-refractivity contribution in [3.05, 3.63) is 70.8 Å².